The summed E-state index contributed by atoms with van der Waals surface area (Å²) in [6.45, 7) is 1.17. The first-order valence-corrected chi connectivity index (χ1v) is 9.14. The van der Waals surface area contributed by atoms with Crippen molar-refractivity contribution in [2.24, 2.45) is 0 Å². The van der Waals surface area contributed by atoms with Gasteiger partial charge in [0.05, 0.1) is 7.11 Å². The van der Waals surface area contributed by atoms with E-state index < -0.39 is 17.9 Å². The van der Waals surface area contributed by atoms with Gasteiger partial charge in [0.25, 0.3) is 5.91 Å². The first kappa shape index (κ1) is 20.1. The molecular formula is C22H22N2O5. The van der Waals surface area contributed by atoms with Gasteiger partial charge in [-0.1, -0.05) is 30.3 Å². The number of ketones is 1. The number of hydrogen-bond donors (Lipinski definition) is 2. The molecule has 0 spiro atoms. The standard InChI is InChI=1S/C22H22N2O5/c1-14(25)15-6-5-7-17(10-15)29-13-21(26)24-20(22(27)28-2)11-16-12-23-19-9-4-3-8-18(16)19/h3-10,12,20,23H,11,13H2,1-2H3,(H,24,26)/t20-/m1/s1. The SMILES string of the molecule is COC(=O)[C@@H](Cc1c[nH]c2ccccc12)NC(=O)COc1cccc(C(C)=O)c1. The number of amides is 1. The highest BCUT2D eigenvalue weighted by atomic mass is 16.5. The summed E-state index contributed by atoms with van der Waals surface area (Å²) in [7, 11) is 1.28. The van der Waals surface area contributed by atoms with Crippen molar-refractivity contribution in [1.82, 2.24) is 10.3 Å². The Morgan fingerprint density at radius 2 is 1.90 bits per heavy atom. The second-order valence-corrected chi connectivity index (χ2v) is 6.58. The van der Waals surface area contributed by atoms with E-state index in [1.807, 2.05) is 30.5 Å². The predicted octanol–water partition coefficient (Wildman–Crippen LogP) is 2.65. The number of H-pyrrole nitrogens is 1. The lowest BCUT2D eigenvalue weighted by molar-refractivity contribution is -0.145. The van der Waals surface area contributed by atoms with Crippen molar-refractivity contribution in [3.8, 4) is 5.75 Å². The molecule has 0 aliphatic heterocycles. The maximum atomic E-state index is 12.3. The van der Waals surface area contributed by atoms with Crippen LogP contribution in [0.1, 0.15) is 22.8 Å². The Balaban J connectivity index is 1.65. The van der Waals surface area contributed by atoms with Crippen molar-refractivity contribution in [3.05, 3.63) is 65.9 Å². The fourth-order valence-electron chi connectivity index (χ4n) is 3.05. The average Bonchev–Trinajstić information content (AvgIpc) is 3.14. The number of nitrogens with one attached hydrogen (secondary N) is 2. The summed E-state index contributed by atoms with van der Waals surface area (Å²) in [5, 5.41) is 3.64. The lowest BCUT2D eigenvalue weighted by atomic mass is 10.0. The minimum atomic E-state index is -0.848. The van der Waals surface area contributed by atoms with Crippen molar-refractivity contribution in [1.29, 1.82) is 0 Å². The summed E-state index contributed by atoms with van der Waals surface area (Å²) < 4.78 is 10.3. The minimum Gasteiger partial charge on any atom is -0.484 e. The van der Waals surface area contributed by atoms with E-state index in [0.717, 1.165) is 16.5 Å². The number of aromatic nitrogens is 1. The van der Waals surface area contributed by atoms with Gasteiger partial charge in [-0.2, -0.15) is 0 Å². The average molecular weight is 394 g/mol. The number of benzene rings is 2. The van der Waals surface area contributed by atoms with E-state index in [0.29, 0.717) is 11.3 Å². The van der Waals surface area contributed by atoms with Crippen molar-refractivity contribution >= 4 is 28.6 Å². The minimum absolute atomic E-state index is 0.0932. The van der Waals surface area contributed by atoms with E-state index >= 15 is 0 Å². The molecule has 0 bridgehead atoms. The third kappa shape index (κ3) is 5.01. The maximum Gasteiger partial charge on any atom is 0.328 e. The van der Waals surface area contributed by atoms with E-state index in [2.05, 4.69) is 10.3 Å². The molecular weight excluding hydrogens is 372 g/mol. The molecule has 0 fully saturated rings. The lowest BCUT2D eigenvalue weighted by Crippen LogP contribution is -2.44. The van der Waals surface area contributed by atoms with Crippen LogP contribution in [0.15, 0.2) is 54.7 Å². The van der Waals surface area contributed by atoms with Crippen LogP contribution in [0.2, 0.25) is 0 Å². The van der Waals surface area contributed by atoms with Gasteiger partial charge >= 0.3 is 5.97 Å². The van der Waals surface area contributed by atoms with E-state index in [-0.39, 0.29) is 18.8 Å². The molecule has 3 rings (SSSR count). The van der Waals surface area contributed by atoms with Crippen LogP contribution in [0.25, 0.3) is 10.9 Å². The molecule has 1 heterocycles. The van der Waals surface area contributed by atoms with Crippen molar-refractivity contribution in [2.75, 3.05) is 13.7 Å². The highest BCUT2D eigenvalue weighted by molar-refractivity contribution is 5.94. The van der Waals surface area contributed by atoms with Crippen LogP contribution in [-0.2, 0) is 20.7 Å². The summed E-state index contributed by atoms with van der Waals surface area (Å²) in [5.74, 6) is -0.695. The van der Waals surface area contributed by atoms with Gasteiger partial charge < -0.3 is 19.8 Å². The van der Waals surface area contributed by atoms with E-state index in [1.54, 1.807) is 24.3 Å². The van der Waals surface area contributed by atoms with Crippen LogP contribution < -0.4 is 10.1 Å². The highest BCUT2D eigenvalue weighted by Crippen LogP contribution is 2.19. The number of Topliss-reactive ketones (excluding diaryl/α,β-unsaturated/α-hetero) is 1. The maximum absolute atomic E-state index is 12.3. The van der Waals surface area contributed by atoms with Gasteiger partial charge in [-0.05, 0) is 30.7 Å². The van der Waals surface area contributed by atoms with E-state index in [9.17, 15) is 14.4 Å². The summed E-state index contributed by atoms with van der Waals surface area (Å²) in [6, 6.07) is 13.4. The fourth-order valence-corrected chi connectivity index (χ4v) is 3.05. The number of rotatable bonds is 8. The Labute approximate surface area is 168 Å². The Morgan fingerprint density at radius 3 is 2.66 bits per heavy atom. The molecule has 2 N–H and O–H groups in total. The van der Waals surface area contributed by atoms with Gasteiger partial charge in [0.15, 0.2) is 12.4 Å². The third-order valence-electron chi connectivity index (χ3n) is 4.53. The number of esters is 1. The molecule has 0 radical (unpaired) electrons. The first-order valence-electron chi connectivity index (χ1n) is 9.14. The van der Waals surface area contributed by atoms with Crippen LogP contribution in [0.3, 0.4) is 0 Å². The number of aromatic amines is 1. The second-order valence-electron chi connectivity index (χ2n) is 6.58. The monoisotopic (exact) mass is 394 g/mol. The number of para-hydroxylation sites is 1. The van der Waals surface area contributed by atoms with Crippen molar-refractivity contribution < 1.29 is 23.9 Å². The molecule has 1 atom stereocenters. The zero-order chi connectivity index (χ0) is 20.8. The van der Waals surface area contributed by atoms with Crippen LogP contribution in [-0.4, -0.2) is 42.4 Å². The van der Waals surface area contributed by atoms with E-state index in [4.69, 9.17) is 9.47 Å². The number of hydrogen-bond acceptors (Lipinski definition) is 5. The van der Waals surface area contributed by atoms with Crippen LogP contribution in [0, 0.1) is 0 Å². The molecule has 0 saturated carbocycles. The van der Waals surface area contributed by atoms with Crippen LogP contribution in [0.5, 0.6) is 5.75 Å². The number of carbonyl (C=O) groups is 3. The van der Waals surface area contributed by atoms with Gasteiger partial charge in [0, 0.05) is 29.1 Å². The Kier molecular flexibility index (Phi) is 6.29. The smallest absolute Gasteiger partial charge is 0.328 e. The summed E-state index contributed by atoms with van der Waals surface area (Å²) in [4.78, 5) is 39.1. The van der Waals surface area contributed by atoms with Gasteiger partial charge in [0.2, 0.25) is 0 Å². The van der Waals surface area contributed by atoms with Gasteiger partial charge in [-0.25, -0.2) is 4.79 Å². The van der Waals surface area contributed by atoms with Crippen LogP contribution in [0.4, 0.5) is 0 Å². The zero-order valence-electron chi connectivity index (χ0n) is 16.2. The van der Waals surface area contributed by atoms with Crippen molar-refractivity contribution in [3.63, 3.8) is 0 Å². The zero-order valence-corrected chi connectivity index (χ0v) is 16.2. The molecule has 3 aromatic rings. The largest absolute Gasteiger partial charge is 0.484 e. The first-order chi connectivity index (χ1) is 14.0. The quantitative estimate of drug-likeness (QED) is 0.452. The molecule has 1 amide bonds. The topological polar surface area (TPSA) is 97.5 Å². The van der Waals surface area contributed by atoms with Crippen LogP contribution >= 0.6 is 0 Å². The molecule has 7 heteroatoms. The Morgan fingerprint density at radius 1 is 1.10 bits per heavy atom. The summed E-state index contributed by atoms with van der Waals surface area (Å²) >= 11 is 0. The molecule has 29 heavy (non-hydrogen) atoms. The molecule has 7 nitrogen and oxygen atoms in total. The number of ether oxygens (including phenoxy) is 2. The molecule has 0 unspecified atom stereocenters. The molecule has 0 aliphatic carbocycles. The molecule has 0 aliphatic rings. The summed E-state index contributed by atoms with van der Waals surface area (Å²) in [6.07, 6.45) is 2.10. The van der Waals surface area contributed by atoms with Gasteiger partial charge in [0.1, 0.15) is 11.8 Å². The van der Waals surface area contributed by atoms with Gasteiger partial charge in [-0.3, -0.25) is 9.59 Å². The third-order valence-corrected chi connectivity index (χ3v) is 4.53. The molecule has 1 aromatic heterocycles. The molecule has 150 valence electrons. The second kappa shape index (κ2) is 9.05. The molecule has 2 aromatic carbocycles. The lowest BCUT2D eigenvalue weighted by Gasteiger charge is -2.16. The summed E-state index contributed by atoms with van der Waals surface area (Å²) in [5.41, 5.74) is 2.34. The van der Waals surface area contributed by atoms with Crippen molar-refractivity contribution in [2.45, 2.75) is 19.4 Å². The number of carbonyl (C=O) groups excluding carboxylic acids is 3. The highest BCUT2D eigenvalue weighted by Gasteiger charge is 2.23. The Bertz CT molecular complexity index is 1040. The van der Waals surface area contributed by atoms with Gasteiger partial charge in [-0.15, -0.1) is 0 Å². The fraction of sp³-hybridized carbons (Fsp3) is 0.227. The van der Waals surface area contributed by atoms with E-state index in [1.165, 1.54) is 14.0 Å². The predicted molar refractivity (Wildman–Crippen MR) is 108 cm³/mol. The normalized spacial score (nSPS) is 11.7. The molecule has 0 saturated heterocycles. The Hall–Kier alpha value is -3.61. The number of fused-ring (bicyclic) bond motifs is 1. The number of methoxy groups -OCH3 is 1.